The third-order valence-electron chi connectivity index (χ3n) is 5.47. The highest BCUT2D eigenvalue weighted by atomic mass is 35.5. The van der Waals surface area contributed by atoms with Crippen LogP contribution in [0.2, 0.25) is 10.0 Å². The summed E-state index contributed by atoms with van der Waals surface area (Å²) in [4.78, 5) is 32.7. The number of aromatic amines is 1. The van der Waals surface area contributed by atoms with Gasteiger partial charge in [-0.3, -0.25) is 9.59 Å². The highest BCUT2D eigenvalue weighted by Gasteiger charge is 2.23. The molecule has 0 spiro atoms. The first kappa shape index (κ1) is 27.5. The molecule has 3 aromatic rings. The van der Waals surface area contributed by atoms with Gasteiger partial charge in [-0.2, -0.15) is 0 Å². The lowest BCUT2D eigenvalue weighted by Crippen LogP contribution is -2.39. The molecule has 0 fully saturated rings. The second kappa shape index (κ2) is 12.3. The molecule has 2 aromatic heterocycles. The Balaban J connectivity index is 1.80. The number of halogens is 2. The first-order valence-corrected chi connectivity index (χ1v) is 12.4. The quantitative estimate of drug-likeness (QED) is 0.266. The molecule has 36 heavy (non-hydrogen) atoms. The summed E-state index contributed by atoms with van der Waals surface area (Å²) in [5.41, 5.74) is 8.36. The molecule has 1 aromatic carbocycles. The zero-order valence-electron chi connectivity index (χ0n) is 20.6. The molecule has 0 saturated heterocycles. The number of ether oxygens (including phenoxy) is 1. The van der Waals surface area contributed by atoms with Crippen molar-refractivity contribution >= 4 is 40.9 Å². The van der Waals surface area contributed by atoms with Crippen molar-refractivity contribution in [2.75, 3.05) is 11.9 Å². The Morgan fingerprint density at radius 2 is 1.89 bits per heavy atom. The van der Waals surface area contributed by atoms with Crippen molar-refractivity contribution in [2.24, 2.45) is 11.7 Å². The van der Waals surface area contributed by atoms with Crippen molar-refractivity contribution in [1.82, 2.24) is 15.3 Å². The number of benzene rings is 1. The number of anilines is 1. The first-order chi connectivity index (χ1) is 17.0. The van der Waals surface area contributed by atoms with Crippen molar-refractivity contribution in [3.05, 3.63) is 70.1 Å². The van der Waals surface area contributed by atoms with Crippen LogP contribution >= 0.6 is 23.2 Å². The molecule has 0 aliphatic rings. The predicted molar refractivity (Wildman–Crippen MR) is 143 cm³/mol. The van der Waals surface area contributed by atoms with Gasteiger partial charge in [-0.15, -0.1) is 0 Å². The molecule has 0 radical (unpaired) electrons. The van der Waals surface area contributed by atoms with Gasteiger partial charge in [0.15, 0.2) is 0 Å². The van der Waals surface area contributed by atoms with Gasteiger partial charge in [0.1, 0.15) is 24.2 Å². The minimum atomic E-state index is -0.758. The molecule has 2 atom stereocenters. The summed E-state index contributed by atoms with van der Waals surface area (Å²) < 4.78 is 5.43. The number of nitrogens with zero attached hydrogens (tertiary/aromatic N) is 1. The number of pyridine rings is 1. The van der Waals surface area contributed by atoms with Crippen molar-refractivity contribution < 1.29 is 14.3 Å². The van der Waals surface area contributed by atoms with E-state index in [0.717, 1.165) is 11.1 Å². The number of hydrogen-bond donors (Lipinski definition) is 4. The molecule has 1 unspecified atom stereocenters. The number of amides is 1. The van der Waals surface area contributed by atoms with Crippen LogP contribution in [0.15, 0.2) is 48.8 Å². The highest BCUT2D eigenvalue weighted by molar-refractivity contribution is 6.33. The molecule has 192 valence electrons. The average Bonchev–Trinajstić information content (AvgIpc) is 3.32. The van der Waals surface area contributed by atoms with E-state index in [1.54, 1.807) is 42.7 Å². The largest absolute Gasteiger partial charge is 0.462 e. The van der Waals surface area contributed by atoms with E-state index in [0.29, 0.717) is 27.1 Å². The normalized spacial score (nSPS) is 12.9. The minimum Gasteiger partial charge on any atom is -0.462 e. The number of rotatable bonds is 10. The summed E-state index contributed by atoms with van der Waals surface area (Å²) in [5.74, 6) is -0.322. The van der Waals surface area contributed by atoms with Gasteiger partial charge in [-0.25, -0.2) is 4.98 Å². The van der Waals surface area contributed by atoms with Crippen LogP contribution in [-0.2, 0) is 9.53 Å². The Labute approximate surface area is 220 Å². The second-order valence-electron chi connectivity index (χ2n) is 9.13. The summed E-state index contributed by atoms with van der Waals surface area (Å²) in [5, 5.41) is 7.11. The van der Waals surface area contributed by atoms with Gasteiger partial charge in [0.05, 0.1) is 11.1 Å². The second-order valence-corrected chi connectivity index (χ2v) is 9.97. The summed E-state index contributed by atoms with van der Waals surface area (Å²) >= 11 is 12.5. The van der Waals surface area contributed by atoms with Crippen LogP contribution in [0.1, 0.15) is 49.8 Å². The highest BCUT2D eigenvalue weighted by Crippen LogP contribution is 2.30. The van der Waals surface area contributed by atoms with E-state index in [2.05, 4.69) is 20.6 Å². The van der Waals surface area contributed by atoms with Crippen LogP contribution in [0.25, 0.3) is 11.1 Å². The SMILES string of the molecule is CC(C)Nc1cc(-c2c[nH]c(C(=O)N[C@H](COC(=O)C(N)C(C)C)c3cccc(Cl)c3)c2)c(Cl)cn1. The van der Waals surface area contributed by atoms with E-state index in [4.69, 9.17) is 33.7 Å². The van der Waals surface area contributed by atoms with Gasteiger partial charge < -0.3 is 26.1 Å². The number of carbonyl (C=O) groups is 2. The zero-order chi connectivity index (χ0) is 26.4. The van der Waals surface area contributed by atoms with Gasteiger partial charge in [-0.1, -0.05) is 49.2 Å². The van der Waals surface area contributed by atoms with E-state index >= 15 is 0 Å². The molecule has 0 saturated carbocycles. The molecule has 8 nitrogen and oxygen atoms in total. The maximum Gasteiger partial charge on any atom is 0.323 e. The Morgan fingerprint density at radius 1 is 1.14 bits per heavy atom. The van der Waals surface area contributed by atoms with Crippen molar-refractivity contribution in [1.29, 1.82) is 0 Å². The van der Waals surface area contributed by atoms with Gasteiger partial charge in [0.25, 0.3) is 5.91 Å². The Kier molecular flexibility index (Phi) is 9.37. The smallest absolute Gasteiger partial charge is 0.323 e. The number of esters is 1. The van der Waals surface area contributed by atoms with Gasteiger partial charge in [0, 0.05) is 34.6 Å². The maximum atomic E-state index is 13.1. The molecule has 0 aliphatic heterocycles. The molecule has 3 rings (SSSR count). The van der Waals surface area contributed by atoms with E-state index < -0.39 is 18.1 Å². The average molecular weight is 532 g/mol. The van der Waals surface area contributed by atoms with Gasteiger partial charge in [0.2, 0.25) is 0 Å². The summed E-state index contributed by atoms with van der Waals surface area (Å²) in [6, 6.07) is 9.33. The first-order valence-electron chi connectivity index (χ1n) is 11.6. The summed E-state index contributed by atoms with van der Waals surface area (Å²) in [6.45, 7) is 7.60. The molecule has 0 aliphatic carbocycles. The molecule has 10 heteroatoms. The fraction of sp³-hybridized carbons (Fsp3) is 0.346. The van der Waals surface area contributed by atoms with Crippen molar-refractivity contribution in [2.45, 2.75) is 45.8 Å². The number of H-pyrrole nitrogens is 1. The fourth-order valence-corrected chi connectivity index (χ4v) is 3.84. The Hall–Kier alpha value is -3.07. The number of hydrogen-bond acceptors (Lipinski definition) is 6. The number of aromatic nitrogens is 2. The number of carbonyl (C=O) groups excluding carboxylic acids is 2. The van der Waals surface area contributed by atoms with Gasteiger partial charge >= 0.3 is 5.97 Å². The third-order valence-corrected chi connectivity index (χ3v) is 6.01. The zero-order valence-corrected chi connectivity index (χ0v) is 22.2. The van der Waals surface area contributed by atoms with Crippen LogP contribution in [0.3, 0.4) is 0 Å². The summed E-state index contributed by atoms with van der Waals surface area (Å²) in [6.07, 6.45) is 3.27. The van der Waals surface area contributed by atoms with E-state index in [9.17, 15) is 9.59 Å². The lowest BCUT2D eigenvalue weighted by Gasteiger charge is -2.21. The van der Waals surface area contributed by atoms with Gasteiger partial charge in [-0.05, 0) is 49.6 Å². The van der Waals surface area contributed by atoms with Crippen LogP contribution < -0.4 is 16.4 Å². The molecular formula is C26H31Cl2N5O3. The standard InChI is InChI=1S/C26H31Cl2N5O3/c1-14(2)24(29)26(35)36-13-22(16-6-5-7-18(27)8-16)33-25(34)21-9-17(11-30-21)19-10-23(32-15(3)4)31-12-20(19)28/h5-12,14-15,22,24,30H,13,29H2,1-4H3,(H,31,32)(H,33,34)/t22-,24?/m1/s1. The predicted octanol–water partition coefficient (Wildman–Crippen LogP) is 5.20. The number of nitrogens with one attached hydrogen (secondary N) is 3. The monoisotopic (exact) mass is 531 g/mol. The summed E-state index contributed by atoms with van der Waals surface area (Å²) in [7, 11) is 0. The molecule has 5 N–H and O–H groups in total. The van der Waals surface area contributed by atoms with E-state index in [1.807, 2.05) is 33.8 Å². The lowest BCUT2D eigenvalue weighted by atomic mass is 10.1. The van der Waals surface area contributed by atoms with Crippen LogP contribution in [0.4, 0.5) is 5.82 Å². The molecular weight excluding hydrogens is 501 g/mol. The Morgan fingerprint density at radius 3 is 2.56 bits per heavy atom. The van der Waals surface area contributed by atoms with Crippen molar-refractivity contribution in [3.63, 3.8) is 0 Å². The van der Waals surface area contributed by atoms with Crippen molar-refractivity contribution in [3.8, 4) is 11.1 Å². The lowest BCUT2D eigenvalue weighted by molar-refractivity contribution is -0.147. The van der Waals surface area contributed by atoms with Crippen LogP contribution in [-0.4, -0.2) is 40.5 Å². The third kappa shape index (κ3) is 7.22. The fourth-order valence-electron chi connectivity index (χ4n) is 3.43. The topological polar surface area (TPSA) is 122 Å². The molecule has 1 amide bonds. The molecule has 0 bridgehead atoms. The van der Waals surface area contributed by atoms with Crippen LogP contribution in [0.5, 0.6) is 0 Å². The number of nitrogens with two attached hydrogens (primary N) is 1. The van der Waals surface area contributed by atoms with E-state index in [1.165, 1.54) is 0 Å². The minimum absolute atomic E-state index is 0.0784. The van der Waals surface area contributed by atoms with E-state index in [-0.39, 0.29) is 24.5 Å². The maximum absolute atomic E-state index is 13.1. The Bertz CT molecular complexity index is 1210. The molecule has 2 heterocycles. The van der Waals surface area contributed by atoms with Crippen LogP contribution in [0, 0.1) is 5.92 Å².